The minimum atomic E-state index is -0.210. The van der Waals surface area contributed by atoms with Crippen LogP contribution in [0.25, 0.3) is 11.0 Å². The van der Waals surface area contributed by atoms with Crippen molar-refractivity contribution in [2.24, 2.45) is 5.73 Å². The molecule has 2 aromatic rings. The van der Waals surface area contributed by atoms with Crippen molar-refractivity contribution in [3.05, 3.63) is 22.4 Å². The molecule has 0 aromatic carbocycles. The third kappa shape index (κ3) is 1.73. The Morgan fingerprint density at radius 1 is 1.47 bits per heavy atom. The molecule has 76 valence electrons. The van der Waals surface area contributed by atoms with E-state index in [9.17, 15) is 4.79 Å². The van der Waals surface area contributed by atoms with Gasteiger partial charge in [0.2, 0.25) is 0 Å². The summed E-state index contributed by atoms with van der Waals surface area (Å²) in [7, 11) is 0. The van der Waals surface area contributed by atoms with Gasteiger partial charge >= 0.3 is 0 Å². The van der Waals surface area contributed by atoms with Crippen LogP contribution in [0.2, 0.25) is 0 Å². The normalized spacial score (nSPS) is 9.93. The lowest BCUT2D eigenvalue weighted by molar-refractivity contribution is 1.03. The summed E-state index contributed by atoms with van der Waals surface area (Å²) >= 11 is 0. The number of aromatic amines is 2. The van der Waals surface area contributed by atoms with Crippen LogP contribution in [0.4, 0.5) is 0 Å². The quantitative estimate of drug-likeness (QED) is 0.525. The molecule has 0 bridgehead atoms. The Kier molecular flexibility index (Phi) is 2.48. The highest BCUT2D eigenvalue weighted by Crippen LogP contribution is 2.07. The fourth-order valence-corrected chi connectivity index (χ4v) is 1.27. The summed E-state index contributed by atoms with van der Waals surface area (Å²) in [6.45, 7) is 0.303. The molecular formula is C9H9N5O. The Labute approximate surface area is 84.9 Å². The second kappa shape index (κ2) is 3.94. The Bertz CT molecular complexity index is 586. The Hall–Kier alpha value is -2.13. The molecule has 2 heterocycles. The van der Waals surface area contributed by atoms with E-state index in [-0.39, 0.29) is 5.56 Å². The second-order valence-corrected chi connectivity index (χ2v) is 2.86. The summed E-state index contributed by atoms with van der Waals surface area (Å²) in [5.74, 6) is 5.53. The zero-order valence-electron chi connectivity index (χ0n) is 7.87. The van der Waals surface area contributed by atoms with Gasteiger partial charge in [-0.3, -0.25) is 9.89 Å². The number of nitrogens with zero attached hydrogens (tertiary/aromatic N) is 2. The molecule has 0 unspecified atom stereocenters. The van der Waals surface area contributed by atoms with E-state index in [0.717, 1.165) is 0 Å². The number of fused-ring (bicyclic) bond motifs is 1. The van der Waals surface area contributed by atoms with Crippen LogP contribution in [0.3, 0.4) is 0 Å². The molecule has 0 aliphatic carbocycles. The summed E-state index contributed by atoms with van der Waals surface area (Å²) < 4.78 is 0. The first-order valence-corrected chi connectivity index (χ1v) is 4.39. The van der Waals surface area contributed by atoms with Crippen molar-refractivity contribution < 1.29 is 0 Å². The molecule has 2 aromatic heterocycles. The lowest BCUT2D eigenvalue weighted by atomic mass is 10.2. The maximum Gasteiger partial charge on any atom is 0.262 e. The predicted molar refractivity (Wildman–Crippen MR) is 55.0 cm³/mol. The second-order valence-electron chi connectivity index (χ2n) is 2.86. The third-order valence-corrected chi connectivity index (χ3v) is 1.92. The van der Waals surface area contributed by atoms with Crippen molar-refractivity contribution in [3.63, 3.8) is 0 Å². The number of hydrogen-bond donors (Lipinski definition) is 3. The monoisotopic (exact) mass is 203 g/mol. The molecule has 0 aliphatic rings. The number of H-pyrrole nitrogens is 2. The molecule has 6 heteroatoms. The number of nitrogens with one attached hydrogen (secondary N) is 2. The minimum Gasteiger partial charge on any atom is -0.320 e. The molecule has 2 rings (SSSR count). The topological polar surface area (TPSA) is 100 Å². The lowest BCUT2D eigenvalue weighted by Gasteiger charge is -1.88. The van der Waals surface area contributed by atoms with Gasteiger partial charge in [-0.25, -0.2) is 4.98 Å². The van der Waals surface area contributed by atoms with Crippen LogP contribution in [0, 0.1) is 11.8 Å². The van der Waals surface area contributed by atoms with Crippen molar-refractivity contribution in [2.75, 3.05) is 6.54 Å². The van der Waals surface area contributed by atoms with Crippen molar-refractivity contribution in [1.29, 1.82) is 0 Å². The van der Waals surface area contributed by atoms with Crippen molar-refractivity contribution >= 4 is 11.0 Å². The van der Waals surface area contributed by atoms with Crippen LogP contribution in [0.15, 0.2) is 11.1 Å². The largest absolute Gasteiger partial charge is 0.320 e. The maximum absolute atomic E-state index is 11.5. The standard InChI is InChI=1S/C9H9N5O/c10-4-2-1-3-6-7-8(14-13-6)11-5-12-9(7)15/h5H,3-4,10H2,(H2,11,12,13,14,15). The summed E-state index contributed by atoms with van der Waals surface area (Å²) in [4.78, 5) is 17.9. The highest BCUT2D eigenvalue weighted by atomic mass is 16.1. The molecule has 0 saturated heterocycles. The molecule has 0 aliphatic heterocycles. The van der Waals surface area contributed by atoms with E-state index in [1.165, 1.54) is 6.33 Å². The number of rotatable bonds is 1. The molecule has 0 spiro atoms. The van der Waals surface area contributed by atoms with E-state index in [1.807, 2.05) is 0 Å². The average Bonchev–Trinajstić information content (AvgIpc) is 2.63. The lowest BCUT2D eigenvalue weighted by Crippen LogP contribution is -2.06. The van der Waals surface area contributed by atoms with Gasteiger partial charge in [-0.15, -0.1) is 0 Å². The molecule has 0 radical (unpaired) electrons. The molecular weight excluding hydrogens is 194 g/mol. The number of hydrogen-bond acceptors (Lipinski definition) is 4. The Morgan fingerprint density at radius 2 is 2.33 bits per heavy atom. The van der Waals surface area contributed by atoms with Crippen LogP contribution in [-0.4, -0.2) is 26.7 Å². The van der Waals surface area contributed by atoms with Crippen LogP contribution in [-0.2, 0) is 6.42 Å². The van der Waals surface area contributed by atoms with Gasteiger partial charge in [0.25, 0.3) is 5.56 Å². The summed E-state index contributed by atoms with van der Waals surface area (Å²) in [6, 6.07) is 0. The van der Waals surface area contributed by atoms with Crippen molar-refractivity contribution in [2.45, 2.75) is 6.42 Å². The smallest absolute Gasteiger partial charge is 0.262 e. The molecule has 15 heavy (non-hydrogen) atoms. The number of nitrogens with two attached hydrogens (primary N) is 1. The first kappa shape index (κ1) is 9.43. The first-order valence-electron chi connectivity index (χ1n) is 4.39. The molecule has 0 amide bonds. The molecule has 4 N–H and O–H groups in total. The van der Waals surface area contributed by atoms with Gasteiger partial charge in [-0.2, -0.15) is 5.10 Å². The highest BCUT2D eigenvalue weighted by Gasteiger charge is 2.08. The van der Waals surface area contributed by atoms with Gasteiger partial charge in [-0.1, -0.05) is 11.8 Å². The molecule has 0 fully saturated rings. The van der Waals surface area contributed by atoms with Crippen molar-refractivity contribution in [1.82, 2.24) is 20.2 Å². The summed E-state index contributed by atoms with van der Waals surface area (Å²) in [6.07, 6.45) is 1.73. The van der Waals surface area contributed by atoms with Gasteiger partial charge < -0.3 is 10.7 Å². The summed E-state index contributed by atoms with van der Waals surface area (Å²) in [5.41, 5.74) is 6.09. The SMILES string of the molecule is NCC#CCc1n[nH]c2nc[nH]c(=O)c12. The van der Waals surface area contributed by atoms with Crippen LogP contribution >= 0.6 is 0 Å². The molecule has 0 saturated carbocycles. The van der Waals surface area contributed by atoms with Gasteiger partial charge in [0.1, 0.15) is 5.39 Å². The van der Waals surface area contributed by atoms with Crippen LogP contribution in [0.5, 0.6) is 0 Å². The molecule has 0 atom stereocenters. The maximum atomic E-state index is 11.5. The van der Waals surface area contributed by atoms with E-state index in [1.54, 1.807) is 0 Å². The van der Waals surface area contributed by atoms with E-state index in [4.69, 9.17) is 5.73 Å². The van der Waals surface area contributed by atoms with E-state index >= 15 is 0 Å². The van der Waals surface area contributed by atoms with Gasteiger partial charge in [0.05, 0.1) is 25.0 Å². The van der Waals surface area contributed by atoms with Crippen molar-refractivity contribution in [3.8, 4) is 11.8 Å². The van der Waals surface area contributed by atoms with Gasteiger partial charge in [-0.05, 0) is 0 Å². The van der Waals surface area contributed by atoms with Crippen LogP contribution in [0.1, 0.15) is 5.69 Å². The highest BCUT2D eigenvalue weighted by molar-refractivity contribution is 5.76. The van der Waals surface area contributed by atoms with E-state index in [0.29, 0.717) is 29.7 Å². The summed E-state index contributed by atoms with van der Waals surface area (Å²) in [5, 5.41) is 7.11. The predicted octanol–water partition coefficient (Wildman–Crippen LogP) is -0.849. The third-order valence-electron chi connectivity index (χ3n) is 1.92. The zero-order chi connectivity index (χ0) is 10.7. The van der Waals surface area contributed by atoms with Crippen LogP contribution < -0.4 is 11.3 Å². The average molecular weight is 203 g/mol. The molecule has 6 nitrogen and oxygen atoms in total. The fraction of sp³-hybridized carbons (Fsp3) is 0.222. The van der Waals surface area contributed by atoms with E-state index in [2.05, 4.69) is 32.0 Å². The Balaban J connectivity index is 2.48. The van der Waals surface area contributed by atoms with Gasteiger partial charge in [0, 0.05) is 0 Å². The van der Waals surface area contributed by atoms with E-state index < -0.39 is 0 Å². The minimum absolute atomic E-state index is 0.210. The fourth-order valence-electron chi connectivity index (χ4n) is 1.27. The number of aromatic nitrogens is 4. The van der Waals surface area contributed by atoms with Gasteiger partial charge in [0.15, 0.2) is 5.65 Å². The first-order chi connectivity index (χ1) is 7.33. The zero-order valence-corrected chi connectivity index (χ0v) is 7.87. The Morgan fingerprint density at radius 3 is 3.13 bits per heavy atom.